The van der Waals surface area contributed by atoms with Crippen LogP contribution < -0.4 is 5.32 Å². The molecule has 0 aromatic carbocycles. The molecule has 2 heteroatoms. The average Bonchev–Trinajstić information content (AvgIpc) is 1.94. The van der Waals surface area contributed by atoms with Gasteiger partial charge in [0.25, 0.3) is 0 Å². The van der Waals surface area contributed by atoms with Crippen LogP contribution in [0.2, 0.25) is 0 Å². The summed E-state index contributed by atoms with van der Waals surface area (Å²) in [6, 6.07) is 0.597. The topological polar surface area (TPSA) is 21.3 Å². The summed E-state index contributed by atoms with van der Waals surface area (Å²) in [5, 5.41) is 3.49. The predicted molar refractivity (Wildman–Crippen MR) is 51.3 cm³/mol. The summed E-state index contributed by atoms with van der Waals surface area (Å²) in [5.74, 6) is 0. The highest BCUT2D eigenvalue weighted by Crippen LogP contribution is 2.31. The van der Waals surface area contributed by atoms with Crippen LogP contribution >= 0.6 is 0 Å². The maximum absolute atomic E-state index is 5.28. The van der Waals surface area contributed by atoms with E-state index >= 15 is 0 Å². The van der Waals surface area contributed by atoms with Crippen LogP contribution in [-0.2, 0) is 4.74 Å². The zero-order chi connectivity index (χ0) is 9.03. The van der Waals surface area contributed by atoms with Crippen molar-refractivity contribution in [2.45, 2.75) is 39.7 Å². The van der Waals surface area contributed by atoms with E-state index in [-0.39, 0.29) is 0 Å². The molecule has 0 aromatic heterocycles. The smallest absolute Gasteiger partial charge is 0.0557 e. The molecule has 0 spiro atoms. The molecule has 72 valence electrons. The van der Waals surface area contributed by atoms with Gasteiger partial charge >= 0.3 is 0 Å². The first-order valence-corrected chi connectivity index (χ1v) is 5.00. The Kier molecular flexibility index (Phi) is 3.53. The molecule has 1 N–H and O–H groups in total. The summed E-state index contributed by atoms with van der Waals surface area (Å²) in [7, 11) is 0. The highest BCUT2D eigenvalue weighted by atomic mass is 16.5. The first-order valence-electron chi connectivity index (χ1n) is 5.00. The van der Waals surface area contributed by atoms with E-state index in [0.29, 0.717) is 11.5 Å². The highest BCUT2D eigenvalue weighted by molar-refractivity contribution is 4.87. The minimum Gasteiger partial charge on any atom is -0.380 e. The lowest BCUT2D eigenvalue weighted by Crippen LogP contribution is -2.50. The van der Waals surface area contributed by atoms with Crippen LogP contribution in [0.25, 0.3) is 0 Å². The second-order valence-electron chi connectivity index (χ2n) is 4.28. The fourth-order valence-corrected chi connectivity index (χ4v) is 1.68. The van der Waals surface area contributed by atoms with E-state index in [2.05, 4.69) is 26.1 Å². The predicted octanol–water partition coefficient (Wildman–Crippen LogP) is 1.80. The Morgan fingerprint density at radius 3 is 2.42 bits per heavy atom. The van der Waals surface area contributed by atoms with Crippen LogP contribution in [0.15, 0.2) is 0 Å². The third-order valence-electron chi connectivity index (χ3n) is 2.48. The van der Waals surface area contributed by atoms with Crippen LogP contribution in [0.1, 0.15) is 33.6 Å². The van der Waals surface area contributed by atoms with Crippen LogP contribution in [0.3, 0.4) is 0 Å². The summed E-state index contributed by atoms with van der Waals surface area (Å²) < 4.78 is 5.28. The van der Waals surface area contributed by atoms with Crippen molar-refractivity contribution in [2.75, 3.05) is 19.8 Å². The van der Waals surface area contributed by atoms with Gasteiger partial charge in [-0.3, -0.25) is 0 Å². The van der Waals surface area contributed by atoms with Crippen LogP contribution in [0.5, 0.6) is 0 Å². The van der Waals surface area contributed by atoms with E-state index in [9.17, 15) is 0 Å². The molecule has 0 bridgehead atoms. The van der Waals surface area contributed by atoms with Crippen molar-refractivity contribution < 1.29 is 4.74 Å². The van der Waals surface area contributed by atoms with Crippen molar-refractivity contribution in [3.63, 3.8) is 0 Å². The third-order valence-corrected chi connectivity index (χ3v) is 2.48. The molecule has 0 aromatic rings. The quantitative estimate of drug-likeness (QED) is 0.681. The van der Waals surface area contributed by atoms with Crippen molar-refractivity contribution in [3.05, 3.63) is 0 Å². The van der Waals surface area contributed by atoms with E-state index in [4.69, 9.17) is 4.74 Å². The minimum absolute atomic E-state index is 0.471. The second kappa shape index (κ2) is 4.24. The third kappa shape index (κ3) is 2.46. The zero-order valence-corrected chi connectivity index (χ0v) is 8.52. The Hall–Kier alpha value is -0.0800. The molecular weight excluding hydrogens is 150 g/mol. The first kappa shape index (κ1) is 10.0. The SMILES string of the molecule is CCCC1(CNC(C)C)COC1. The van der Waals surface area contributed by atoms with Gasteiger partial charge in [0, 0.05) is 18.0 Å². The fraction of sp³-hybridized carbons (Fsp3) is 1.00. The number of hydrogen-bond acceptors (Lipinski definition) is 2. The van der Waals surface area contributed by atoms with Crippen molar-refractivity contribution in [1.29, 1.82) is 0 Å². The Morgan fingerprint density at radius 2 is 2.08 bits per heavy atom. The monoisotopic (exact) mass is 171 g/mol. The van der Waals surface area contributed by atoms with E-state index in [1.54, 1.807) is 0 Å². The zero-order valence-electron chi connectivity index (χ0n) is 8.52. The Balaban J connectivity index is 2.24. The summed E-state index contributed by atoms with van der Waals surface area (Å²) in [6.07, 6.45) is 2.57. The molecule has 12 heavy (non-hydrogen) atoms. The molecule has 0 saturated carbocycles. The molecule has 1 heterocycles. The van der Waals surface area contributed by atoms with Gasteiger partial charge in [-0.05, 0) is 6.42 Å². The Bertz CT molecular complexity index is 130. The molecule has 0 atom stereocenters. The largest absolute Gasteiger partial charge is 0.380 e. The first-order chi connectivity index (χ1) is 5.68. The van der Waals surface area contributed by atoms with Gasteiger partial charge in [0.1, 0.15) is 0 Å². The molecule has 1 aliphatic heterocycles. The van der Waals surface area contributed by atoms with Crippen molar-refractivity contribution in [2.24, 2.45) is 5.41 Å². The highest BCUT2D eigenvalue weighted by Gasteiger charge is 2.37. The van der Waals surface area contributed by atoms with E-state index in [1.807, 2.05) is 0 Å². The summed E-state index contributed by atoms with van der Waals surface area (Å²) in [5.41, 5.74) is 0.471. The van der Waals surface area contributed by atoms with Crippen LogP contribution in [0.4, 0.5) is 0 Å². The lowest BCUT2D eigenvalue weighted by molar-refractivity contribution is -0.116. The summed E-state index contributed by atoms with van der Waals surface area (Å²) in [6.45, 7) is 9.67. The van der Waals surface area contributed by atoms with Gasteiger partial charge in [-0.1, -0.05) is 27.2 Å². The summed E-state index contributed by atoms with van der Waals surface area (Å²) in [4.78, 5) is 0. The van der Waals surface area contributed by atoms with Gasteiger partial charge in [-0.2, -0.15) is 0 Å². The maximum Gasteiger partial charge on any atom is 0.0557 e. The molecule has 1 rings (SSSR count). The molecule has 0 amide bonds. The van der Waals surface area contributed by atoms with Crippen molar-refractivity contribution in [1.82, 2.24) is 5.32 Å². The average molecular weight is 171 g/mol. The summed E-state index contributed by atoms with van der Waals surface area (Å²) >= 11 is 0. The number of ether oxygens (including phenoxy) is 1. The fourth-order valence-electron chi connectivity index (χ4n) is 1.68. The van der Waals surface area contributed by atoms with Gasteiger partial charge < -0.3 is 10.1 Å². The van der Waals surface area contributed by atoms with Crippen LogP contribution in [-0.4, -0.2) is 25.8 Å². The lowest BCUT2D eigenvalue weighted by atomic mass is 9.81. The van der Waals surface area contributed by atoms with Gasteiger partial charge in [-0.15, -0.1) is 0 Å². The number of rotatable bonds is 5. The molecule has 0 radical (unpaired) electrons. The minimum atomic E-state index is 0.471. The molecule has 0 unspecified atom stereocenters. The van der Waals surface area contributed by atoms with Crippen LogP contribution in [0, 0.1) is 5.41 Å². The van der Waals surface area contributed by atoms with E-state index in [1.165, 1.54) is 12.8 Å². The second-order valence-corrected chi connectivity index (χ2v) is 4.28. The van der Waals surface area contributed by atoms with Gasteiger partial charge in [0.2, 0.25) is 0 Å². The number of nitrogens with one attached hydrogen (secondary N) is 1. The molecule has 1 aliphatic rings. The standard InChI is InChI=1S/C10H21NO/c1-4-5-10(7-12-8-10)6-11-9(2)3/h9,11H,4-8H2,1-3H3. The molecule has 1 saturated heterocycles. The normalized spacial score (nSPS) is 21.0. The molecule has 0 aliphatic carbocycles. The van der Waals surface area contributed by atoms with Gasteiger partial charge in [-0.25, -0.2) is 0 Å². The van der Waals surface area contributed by atoms with Crippen molar-refractivity contribution in [3.8, 4) is 0 Å². The Morgan fingerprint density at radius 1 is 1.42 bits per heavy atom. The maximum atomic E-state index is 5.28. The van der Waals surface area contributed by atoms with Gasteiger partial charge in [0.05, 0.1) is 13.2 Å². The van der Waals surface area contributed by atoms with Gasteiger partial charge in [0.15, 0.2) is 0 Å². The molecular formula is C10H21NO. The van der Waals surface area contributed by atoms with E-state index in [0.717, 1.165) is 19.8 Å². The Labute approximate surface area is 75.7 Å². The van der Waals surface area contributed by atoms with E-state index < -0.39 is 0 Å². The molecule has 2 nitrogen and oxygen atoms in total. The lowest BCUT2D eigenvalue weighted by Gasteiger charge is -2.42. The molecule has 1 fully saturated rings. The number of hydrogen-bond donors (Lipinski definition) is 1. The van der Waals surface area contributed by atoms with Crippen molar-refractivity contribution >= 4 is 0 Å².